The lowest BCUT2D eigenvalue weighted by molar-refractivity contribution is -0.753. The number of nitrogens with one attached hydrogen (secondary N) is 1. The second-order valence-electron chi connectivity index (χ2n) is 3.84. The summed E-state index contributed by atoms with van der Waals surface area (Å²) in [4.78, 5) is 17.3. The molecule has 0 bridgehead atoms. The number of pyridine rings is 1. The molecule has 0 unspecified atom stereocenters. The first kappa shape index (κ1) is 13.3. The molecule has 8 heteroatoms. The van der Waals surface area contributed by atoms with Gasteiger partial charge in [-0.1, -0.05) is 17.8 Å². The Balaban J connectivity index is 1.84. The monoisotopic (exact) mass is 280 g/mol. The van der Waals surface area contributed by atoms with E-state index in [0.29, 0.717) is 5.88 Å². The Morgan fingerprint density at radius 1 is 1.53 bits per heavy atom. The normalized spacial score (nSPS) is 10.2. The van der Waals surface area contributed by atoms with Crippen molar-refractivity contribution >= 4 is 23.6 Å². The lowest BCUT2D eigenvalue weighted by Gasteiger charge is -1.99. The summed E-state index contributed by atoms with van der Waals surface area (Å²) < 4.78 is 4.96. The SMILES string of the molecule is CN(C)[n+]1cc(NC(=O)CSc2ccccn2)on1. The van der Waals surface area contributed by atoms with Gasteiger partial charge in [0.05, 0.1) is 29.7 Å². The molecular formula is C11H14N5O2S+. The average molecular weight is 280 g/mol. The van der Waals surface area contributed by atoms with Crippen molar-refractivity contribution in [2.75, 3.05) is 30.2 Å². The fraction of sp³-hybridized carbons (Fsp3) is 0.273. The van der Waals surface area contributed by atoms with Gasteiger partial charge in [0, 0.05) is 6.20 Å². The zero-order valence-corrected chi connectivity index (χ0v) is 11.4. The first-order valence-corrected chi connectivity index (χ1v) is 6.53. The number of carbonyl (C=O) groups is 1. The van der Waals surface area contributed by atoms with Crippen molar-refractivity contribution < 1.29 is 14.1 Å². The highest BCUT2D eigenvalue weighted by atomic mass is 32.2. The largest absolute Gasteiger partial charge is 0.305 e. The van der Waals surface area contributed by atoms with Crippen LogP contribution in [0.3, 0.4) is 0 Å². The van der Waals surface area contributed by atoms with E-state index in [1.807, 2.05) is 32.3 Å². The van der Waals surface area contributed by atoms with Crippen molar-refractivity contribution in [1.82, 2.24) is 10.3 Å². The highest BCUT2D eigenvalue weighted by molar-refractivity contribution is 7.99. The molecule has 0 saturated heterocycles. The quantitative estimate of drug-likeness (QED) is 0.626. The Hall–Kier alpha value is -2.09. The lowest BCUT2D eigenvalue weighted by Crippen LogP contribution is -2.53. The van der Waals surface area contributed by atoms with Crippen LogP contribution in [0.2, 0.25) is 0 Å². The van der Waals surface area contributed by atoms with Crippen LogP contribution in [-0.4, -0.2) is 36.0 Å². The van der Waals surface area contributed by atoms with Crippen LogP contribution in [-0.2, 0) is 4.79 Å². The minimum atomic E-state index is -0.169. The zero-order chi connectivity index (χ0) is 13.7. The molecule has 0 aromatic carbocycles. The van der Waals surface area contributed by atoms with Crippen molar-refractivity contribution in [3.63, 3.8) is 0 Å². The molecule has 2 rings (SSSR count). The number of rotatable bonds is 5. The van der Waals surface area contributed by atoms with Gasteiger partial charge in [-0.05, 0) is 12.1 Å². The third-order valence-electron chi connectivity index (χ3n) is 2.12. The number of hydrogen-bond donors (Lipinski definition) is 1. The third kappa shape index (κ3) is 3.95. The van der Waals surface area contributed by atoms with E-state index in [-0.39, 0.29) is 11.7 Å². The van der Waals surface area contributed by atoms with Crippen molar-refractivity contribution in [1.29, 1.82) is 0 Å². The van der Waals surface area contributed by atoms with E-state index in [9.17, 15) is 4.79 Å². The molecule has 0 saturated carbocycles. The maximum Gasteiger partial charge on any atom is 0.305 e. The summed E-state index contributed by atoms with van der Waals surface area (Å²) >= 11 is 1.36. The fourth-order valence-electron chi connectivity index (χ4n) is 1.23. The minimum absolute atomic E-state index is 0.169. The molecule has 0 aliphatic rings. The predicted molar refractivity (Wildman–Crippen MR) is 70.4 cm³/mol. The highest BCUT2D eigenvalue weighted by Gasteiger charge is 2.15. The molecule has 100 valence electrons. The molecule has 0 fully saturated rings. The molecule has 0 aliphatic heterocycles. The second kappa shape index (κ2) is 6.19. The molecular weight excluding hydrogens is 266 g/mol. The van der Waals surface area contributed by atoms with Crippen molar-refractivity contribution in [3.8, 4) is 0 Å². The van der Waals surface area contributed by atoms with Crippen LogP contribution in [0, 0.1) is 0 Å². The minimum Gasteiger partial charge on any atom is -0.288 e. The summed E-state index contributed by atoms with van der Waals surface area (Å²) in [6.07, 6.45) is 3.28. The first-order chi connectivity index (χ1) is 9.15. The van der Waals surface area contributed by atoms with Gasteiger partial charge in [0.25, 0.3) is 6.20 Å². The Morgan fingerprint density at radius 3 is 3.00 bits per heavy atom. The van der Waals surface area contributed by atoms with E-state index >= 15 is 0 Å². The van der Waals surface area contributed by atoms with Crippen molar-refractivity contribution in [2.24, 2.45) is 0 Å². The van der Waals surface area contributed by atoms with Crippen molar-refractivity contribution in [2.45, 2.75) is 5.03 Å². The molecule has 2 aromatic heterocycles. The third-order valence-corrected chi connectivity index (χ3v) is 3.06. The number of thioether (sulfide) groups is 1. The molecule has 1 N–H and O–H groups in total. The summed E-state index contributed by atoms with van der Waals surface area (Å²) in [6.45, 7) is 0. The predicted octanol–water partition coefficient (Wildman–Crippen LogP) is 0.285. The second-order valence-corrected chi connectivity index (χ2v) is 4.83. The Kier molecular flexibility index (Phi) is 4.35. The van der Waals surface area contributed by atoms with Gasteiger partial charge < -0.3 is 0 Å². The van der Waals surface area contributed by atoms with Gasteiger partial charge in [-0.15, -0.1) is 0 Å². The van der Waals surface area contributed by atoms with Crippen LogP contribution in [0.15, 0.2) is 40.1 Å². The average Bonchev–Trinajstić information content (AvgIpc) is 2.86. The molecule has 2 heterocycles. The molecule has 2 aromatic rings. The Bertz CT molecular complexity index is 543. The van der Waals surface area contributed by atoms with Crippen LogP contribution in [0.25, 0.3) is 0 Å². The Labute approximate surface area is 114 Å². The summed E-state index contributed by atoms with van der Waals surface area (Å²) in [7, 11) is 3.62. The number of anilines is 1. The molecule has 19 heavy (non-hydrogen) atoms. The molecule has 0 atom stereocenters. The molecule has 7 nitrogen and oxygen atoms in total. The molecule has 0 aliphatic carbocycles. The van der Waals surface area contributed by atoms with E-state index < -0.39 is 0 Å². The maximum absolute atomic E-state index is 11.7. The van der Waals surface area contributed by atoms with E-state index in [1.54, 1.807) is 17.4 Å². The van der Waals surface area contributed by atoms with Crippen molar-refractivity contribution in [3.05, 3.63) is 30.6 Å². The Morgan fingerprint density at radius 2 is 2.37 bits per heavy atom. The first-order valence-electron chi connectivity index (χ1n) is 5.55. The fourth-order valence-corrected chi connectivity index (χ4v) is 1.89. The van der Waals surface area contributed by atoms with Gasteiger partial charge in [0.1, 0.15) is 0 Å². The standard InChI is InChI=1S/C11H13N5O2S/c1-15(2)16-7-10(18-14-16)13-9(17)8-19-11-5-3-4-6-12-11/h3-7H,8H2,1-2H3/p+1. The van der Waals surface area contributed by atoms with Gasteiger partial charge in [-0.3, -0.25) is 14.6 Å². The molecule has 0 spiro atoms. The van der Waals surface area contributed by atoms with Crippen LogP contribution >= 0.6 is 11.8 Å². The zero-order valence-electron chi connectivity index (χ0n) is 10.6. The van der Waals surface area contributed by atoms with Crippen LogP contribution in [0.5, 0.6) is 0 Å². The van der Waals surface area contributed by atoms with Gasteiger partial charge in [-0.25, -0.2) is 4.98 Å². The van der Waals surface area contributed by atoms with Gasteiger partial charge in [0.2, 0.25) is 11.2 Å². The number of amides is 1. The maximum atomic E-state index is 11.7. The number of nitrogens with zero attached hydrogens (tertiary/aromatic N) is 4. The number of hydrogen-bond acceptors (Lipinski definition) is 6. The van der Waals surface area contributed by atoms with E-state index in [1.165, 1.54) is 16.6 Å². The van der Waals surface area contributed by atoms with E-state index in [4.69, 9.17) is 4.52 Å². The summed E-state index contributed by atoms with van der Waals surface area (Å²) in [5, 5.41) is 8.86. The lowest BCUT2D eigenvalue weighted by atomic mass is 10.5. The van der Waals surface area contributed by atoms with E-state index in [2.05, 4.69) is 15.6 Å². The van der Waals surface area contributed by atoms with Gasteiger partial charge in [-0.2, -0.15) is 5.01 Å². The molecule has 1 amide bonds. The van der Waals surface area contributed by atoms with E-state index in [0.717, 1.165) is 5.03 Å². The summed E-state index contributed by atoms with van der Waals surface area (Å²) in [5.41, 5.74) is 0. The van der Waals surface area contributed by atoms with Gasteiger partial charge >= 0.3 is 5.88 Å². The molecule has 0 radical (unpaired) electrons. The smallest absolute Gasteiger partial charge is 0.288 e. The van der Waals surface area contributed by atoms with Gasteiger partial charge in [0.15, 0.2) is 0 Å². The van der Waals surface area contributed by atoms with Crippen LogP contribution < -0.4 is 15.1 Å². The number of carbonyl (C=O) groups excluding carboxylic acids is 1. The summed E-state index contributed by atoms with van der Waals surface area (Å²) in [6, 6.07) is 5.56. The van der Waals surface area contributed by atoms with Crippen LogP contribution in [0.4, 0.5) is 5.88 Å². The van der Waals surface area contributed by atoms with Crippen LogP contribution in [0.1, 0.15) is 0 Å². The number of aromatic nitrogens is 3. The topological polar surface area (TPSA) is 75.1 Å². The highest BCUT2D eigenvalue weighted by Crippen LogP contribution is 2.14. The summed E-state index contributed by atoms with van der Waals surface area (Å²) in [5.74, 6) is 0.401.